The van der Waals surface area contributed by atoms with Crippen molar-refractivity contribution in [1.29, 1.82) is 0 Å². The van der Waals surface area contributed by atoms with Crippen molar-refractivity contribution in [3.63, 3.8) is 0 Å². The van der Waals surface area contributed by atoms with E-state index in [2.05, 4.69) is 105 Å². The van der Waals surface area contributed by atoms with Crippen LogP contribution in [0.1, 0.15) is 107 Å². The number of rotatable bonds is 14. The molecule has 0 amide bonds. The van der Waals surface area contributed by atoms with Crippen molar-refractivity contribution in [3.05, 3.63) is 0 Å². The molecule has 2 rings (SSSR count). The van der Waals surface area contributed by atoms with Crippen molar-refractivity contribution in [1.82, 2.24) is 0 Å². The molecule has 1 unspecified atom stereocenters. The minimum atomic E-state index is -1.88. The lowest BCUT2D eigenvalue weighted by Gasteiger charge is -2.42. The molecule has 2 fully saturated rings. The molecule has 232 valence electrons. The van der Waals surface area contributed by atoms with Crippen molar-refractivity contribution in [2.45, 2.75) is 166 Å². The normalized spacial score (nSPS) is 23.8. The third-order valence-electron chi connectivity index (χ3n) is 9.75. The van der Waals surface area contributed by atoms with E-state index in [-0.39, 0.29) is 32.7 Å². The van der Waals surface area contributed by atoms with Gasteiger partial charge in [-0.3, -0.25) is 0 Å². The summed E-state index contributed by atoms with van der Waals surface area (Å²) in [4.78, 5) is 0. The maximum Gasteiger partial charge on any atom is 0.192 e. The van der Waals surface area contributed by atoms with E-state index < -0.39 is 16.6 Å². The molecule has 0 aromatic carbocycles. The van der Waals surface area contributed by atoms with Gasteiger partial charge in [-0.15, -0.1) is 23.5 Å². The van der Waals surface area contributed by atoms with Crippen molar-refractivity contribution in [2.75, 3.05) is 24.7 Å². The molecule has 8 heteroatoms. The highest BCUT2D eigenvalue weighted by Crippen LogP contribution is 2.50. The fourth-order valence-corrected chi connectivity index (χ4v) is 10.8. The van der Waals surface area contributed by atoms with Crippen molar-refractivity contribution < 1.29 is 18.3 Å². The van der Waals surface area contributed by atoms with E-state index in [9.17, 15) is 0 Å². The summed E-state index contributed by atoms with van der Waals surface area (Å²) < 4.78 is 26.3. The van der Waals surface area contributed by atoms with E-state index in [4.69, 9.17) is 18.3 Å². The fraction of sp³-hybridized carbons (Fsp3) is 1.00. The van der Waals surface area contributed by atoms with Gasteiger partial charge in [0, 0.05) is 6.61 Å². The van der Waals surface area contributed by atoms with Crippen molar-refractivity contribution >= 4 is 40.2 Å². The number of thioether (sulfide) groups is 2. The molecule has 0 aromatic heterocycles. The fourth-order valence-electron chi connectivity index (χ4n) is 4.72. The Kier molecular flexibility index (Phi) is 14.0. The van der Waals surface area contributed by atoms with Gasteiger partial charge in [-0.2, -0.15) is 0 Å². The van der Waals surface area contributed by atoms with Gasteiger partial charge in [0.05, 0.1) is 22.9 Å². The van der Waals surface area contributed by atoms with Crippen LogP contribution < -0.4 is 0 Å². The largest absolute Gasteiger partial charge is 0.414 e. The van der Waals surface area contributed by atoms with Crippen LogP contribution in [0.2, 0.25) is 36.3 Å². The molecule has 0 spiro atoms. The third kappa shape index (κ3) is 11.5. The summed E-state index contributed by atoms with van der Waals surface area (Å²) in [6.07, 6.45) is 9.85. The van der Waals surface area contributed by atoms with Gasteiger partial charge in [0.25, 0.3) is 0 Å². The number of hydrogen-bond acceptors (Lipinski definition) is 6. The Morgan fingerprint density at radius 3 is 2.05 bits per heavy atom. The van der Waals surface area contributed by atoms with Gasteiger partial charge in [-0.05, 0) is 112 Å². The summed E-state index contributed by atoms with van der Waals surface area (Å²) in [5, 5.41) is 0.414. The summed E-state index contributed by atoms with van der Waals surface area (Å²) in [7, 11) is -3.71. The lowest BCUT2D eigenvalue weighted by Crippen LogP contribution is -2.48. The molecule has 39 heavy (non-hydrogen) atoms. The molecule has 2 heterocycles. The zero-order valence-electron chi connectivity index (χ0n) is 27.7. The van der Waals surface area contributed by atoms with Crippen LogP contribution in [0, 0.1) is 5.92 Å². The molecule has 2 saturated heterocycles. The highest BCUT2D eigenvalue weighted by molar-refractivity contribution is 8.18. The van der Waals surface area contributed by atoms with Gasteiger partial charge >= 0.3 is 0 Å². The molecule has 0 saturated carbocycles. The first-order valence-corrected chi connectivity index (χ1v) is 23.5. The zero-order valence-corrected chi connectivity index (χ0v) is 31.4. The molecule has 0 N–H and O–H groups in total. The Labute approximate surface area is 253 Å². The van der Waals surface area contributed by atoms with Crippen LogP contribution in [0.25, 0.3) is 0 Å². The molecular formula is C31H64O4S2Si2. The van der Waals surface area contributed by atoms with Crippen molar-refractivity contribution in [3.8, 4) is 0 Å². The Morgan fingerprint density at radius 1 is 0.897 bits per heavy atom. The molecule has 0 aliphatic carbocycles. The zero-order chi connectivity index (χ0) is 29.5. The van der Waals surface area contributed by atoms with Gasteiger partial charge in [0.2, 0.25) is 0 Å². The Hall–Kier alpha value is 0.974. The average molecular weight is 621 g/mol. The van der Waals surface area contributed by atoms with E-state index in [0.29, 0.717) is 5.92 Å². The molecule has 0 aromatic rings. The summed E-state index contributed by atoms with van der Waals surface area (Å²) in [6, 6.07) is 0. The Morgan fingerprint density at radius 2 is 1.51 bits per heavy atom. The second kappa shape index (κ2) is 15.1. The molecule has 2 aliphatic heterocycles. The van der Waals surface area contributed by atoms with E-state index in [1.807, 2.05) is 0 Å². The summed E-state index contributed by atoms with van der Waals surface area (Å²) in [5.41, 5.74) is 0. The van der Waals surface area contributed by atoms with Gasteiger partial charge < -0.3 is 18.3 Å². The first kappa shape index (κ1) is 36.2. The predicted octanol–water partition coefficient (Wildman–Crippen LogP) is 10.1. The maximum absolute atomic E-state index is 7.03. The molecule has 2 aliphatic rings. The van der Waals surface area contributed by atoms with Crippen LogP contribution in [0.5, 0.6) is 0 Å². The second-order valence-electron chi connectivity index (χ2n) is 15.2. The van der Waals surface area contributed by atoms with E-state index in [1.165, 1.54) is 50.0 Å². The van der Waals surface area contributed by atoms with Crippen LogP contribution in [0.15, 0.2) is 0 Å². The predicted molar refractivity (Wildman–Crippen MR) is 179 cm³/mol. The SMILES string of the molecule is C[C@H](CC1(CCC[C@@H](CO[Si](C)(C)C(C)(C)C)O[Si](C)(C)C(C)(C)C)SCCCS1)[C@H](C)OC1CCCCO1. The van der Waals surface area contributed by atoms with E-state index in [0.717, 1.165) is 26.1 Å². The average Bonchev–Trinajstić information content (AvgIpc) is 2.82. The van der Waals surface area contributed by atoms with E-state index in [1.54, 1.807) is 0 Å². The minimum Gasteiger partial charge on any atom is -0.414 e. The third-order valence-corrected chi connectivity index (χ3v) is 22.3. The van der Waals surface area contributed by atoms with Crippen LogP contribution in [0.4, 0.5) is 0 Å². The highest BCUT2D eigenvalue weighted by Gasteiger charge is 2.42. The molecule has 0 radical (unpaired) electrons. The number of ether oxygens (including phenoxy) is 2. The minimum absolute atomic E-state index is 0.00652. The van der Waals surface area contributed by atoms with Crippen LogP contribution >= 0.6 is 23.5 Å². The molecule has 4 nitrogen and oxygen atoms in total. The van der Waals surface area contributed by atoms with E-state index >= 15 is 0 Å². The standard InChI is InChI=1S/C31H64O4S2Si2/c1-25(26(2)34-28-18-13-14-20-32-28)23-31(36-21-16-22-37-31)19-15-17-27(35-39(11,12)30(6,7)8)24-33-38(9,10)29(3,4)5/h25-28H,13-24H2,1-12H3/t25-,26+,27+,28?/m1/s1. The first-order valence-electron chi connectivity index (χ1n) is 15.7. The van der Waals surface area contributed by atoms with Crippen LogP contribution in [-0.4, -0.2) is 63.9 Å². The molecule has 4 atom stereocenters. The topological polar surface area (TPSA) is 36.9 Å². The van der Waals surface area contributed by atoms with Gasteiger partial charge in [0.1, 0.15) is 0 Å². The highest BCUT2D eigenvalue weighted by atomic mass is 32.2. The Bertz CT molecular complexity index is 708. The summed E-state index contributed by atoms with van der Waals surface area (Å²) in [5.74, 6) is 3.06. The lowest BCUT2D eigenvalue weighted by atomic mass is 9.96. The smallest absolute Gasteiger partial charge is 0.192 e. The van der Waals surface area contributed by atoms with Gasteiger partial charge in [-0.25, -0.2) is 0 Å². The van der Waals surface area contributed by atoms with Crippen LogP contribution in [0.3, 0.4) is 0 Å². The maximum atomic E-state index is 7.03. The summed E-state index contributed by atoms with van der Waals surface area (Å²) in [6.45, 7) is 29.8. The second-order valence-corrected chi connectivity index (χ2v) is 28.0. The summed E-state index contributed by atoms with van der Waals surface area (Å²) >= 11 is 4.42. The number of hydrogen-bond donors (Lipinski definition) is 0. The van der Waals surface area contributed by atoms with Gasteiger partial charge in [-0.1, -0.05) is 48.5 Å². The van der Waals surface area contributed by atoms with Crippen LogP contribution in [-0.2, 0) is 18.3 Å². The van der Waals surface area contributed by atoms with Gasteiger partial charge in [0.15, 0.2) is 22.9 Å². The quantitative estimate of drug-likeness (QED) is 0.180. The Balaban J connectivity index is 2.04. The first-order chi connectivity index (χ1) is 17.9. The monoisotopic (exact) mass is 620 g/mol. The molecular weight excluding hydrogens is 557 g/mol. The molecule has 0 bridgehead atoms. The lowest BCUT2D eigenvalue weighted by molar-refractivity contribution is -0.193. The van der Waals surface area contributed by atoms with Crippen molar-refractivity contribution in [2.24, 2.45) is 5.92 Å².